The molecule has 0 atom stereocenters. The number of quaternary nitrogens is 1. The highest BCUT2D eigenvalue weighted by Gasteiger charge is 2.32. The number of fused-ring (bicyclic) bond motifs is 2. The summed E-state index contributed by atoms with van der Waals surface area (Å²) >= 11 is 1.50. The minimum atomic E-state index is -4.38. The summed E-state index contributed by atoms with van der Waals surface area (Å²) in [5.41, 5.74) is 1.77. The van der Waals surface area contributed by atoms with E-state index in [1.54, 1.807) is 6.07 Å². The third-order valence-electron chi connectivity index (χ3n) is 5.94. The Bertz CT molecular complexity index is 980. The molecule has 4 nitrogen and oxygen atoms in total. The largest absolute Gasteiger partial charge is 0.633 e. The van der Waals surface area contributed by atoms with Crippen LogP contribution in [0.25, 0.3) is 5.57 Å². The van der Waals surface area contributed by atoms with Crippen molar-refractivity contribution in [2.24, 2.45) is 0 Å². The highest BCUT2D eigenvalue weighted by Crippen LogP contribution is 2.47. The molecule has 10 heteroatoms. The van der Waals surface area contributed by atoms with Crippen LogP contribution in [-0.4, -0.2) is 60.5 Å². The highest BCUT2D eigenvalue weighted by atomic mass is 35.5. The van der Waals surface area contributed by atoms with Crippen molar-refractivity contribution in [3.63, 3.8) is 0 Å². The second kappa shape index (κ2) is 11.4. The number of hydrogen-bond acceptors (Lipinski definition) is 4. The summed E-state index contributed by atoms with van der Waals surface area (Å²) in [6.45, 7) is 3.09. The van der Waals surface area contributed by atoms with Gasteiger partial charge in [-0.2, -0.15) is 13.2 Å². The maximum atomic E-state index is 13.3. The SMILES string of the molecule is Cl.Cl.[O-][N+]1(CCO)CCN(CC/C=C2\c3ccccc3Sc3ccc(C(F)(F)F)cc32)CC1. The lowest BCUT2D eigenvalue weighted by Crippen LogP contribution is -2.57. The molecule has 2 aromatic carbocycles. The smallest absolute Gasteiger partial charge is 0.416 e. The monoisotopic (exact) mass is 522 g/mol. The summed E-state index contributed by atoms with van der Waals surface area (Å²) in [7, 11) is 0. The number of aliphatic hydroxyl groups is 1. The number of hydrogen-bond donors (Lipinski definition) is 1. The summed E-state index contributed by atoms with van der Waals surface area (Å²) < 4.78 is 39.6. The van der Waals surface area contributed by atoms with Crippen LogP contribution < -0.4 is 0 Å². The fourth-order valence-corrected chi connectivity index (χ4v) is 5.25. The third kappa shape index (κ3) is 6.45. The van der Waals surface area contributed by atoms with E-state index in [0.717, 1.165) is 33.5 Å². The van der Waals surface area contributed by atoms with E-state index < -0.39 is 11.7 Å². The van der Waals surface area contributed by atoms with Crippen LogP contribution in [0.4, 0.5) is 13.2 Å². The van der Waals surface area contributed by atoms with Crippen molar-refractivity contribution in [2.75, 3.05) is 45.9 Å². The molecule has 2 heterocycles. The fraction of sp³-hybridized carbons (Fsp3) is 0.391. The maximum Gasteiger partial charge on any atom is 0.416 e. The Labute approximate surface area is 208 Å². The maximum absolute atomic E-state index is 13.3. The zero-order valence-corrected chi connectivity index (χ0v) is 20.3. The van der Waals surface area contributed by atoms with Crippen LogP contribution in [0.15, 0.2) is 58.3 Å². The van der Waals surface area contributed by atoms with Gasteiger partial charge in [0.2, 0.25) is 0 Å². The van der Waals surface area contributed by atoms with Gasteiger partial charge in [0, 0.05) is 29.4 Å². The van der Waals surface area contributed by atoms with Gasteiger partial charge in [0.15, 0.2) is 0 Å². The standard InChI is InChI=1S/C23H25F3N2O2S.2ClH/c24-23(25,26)17-7-8-22-20(16-17)18(19-4-1-2-6-21(19)31-22)5-3-9-27-10-12-28(30,13-11-27)14-15-29;;/h1-2,4-8,16,29H,3,9-15H2;2*1H/b18-5+;;. The molecule has 2 aliphatic rings. The molecule has 2 aliphatic heterocycles. The first-order valence-corrected chi connectivity index (χ1v) is 11.2. The molecule has 0 amide bonds. The molecule has 0 aromatic heterocycles. The van der Waals surface area contributed by atoms with Crippen LogP contribution in [0.2, 0.25) is 0 Å². The van der Waals surface area contributed by atoms with E-state index >= 15 is 0 Å². The zero-order valence-electron chi connectivity index (χ0n) is 17.9. The molecule has 1 saturated heterocycles. The van der Waals surface area contributed by atoms with E-state index in [-0.39, 0.29) is 42.6 Å². The topological polar surface area (TPSA) is 46.5 Å². The van der Waals surface area contributed by atoms with Gasteiger partial charge in [-0.15, -0.1) is 24.8 Å². The van der Waals surface area contributed by atoms with Crippen LogP contribution in [0.3, 0.4) is 0 Å². The van der Waals surface area contributed by atoms with E-state index in [9.17, 15) is 18.4 Å². The van der Waals surface area contributed by atoms with Gasteiger partial charge in [0.1, 0.15) is 6.54 Å². The molecule has 0 bridgehead atoms. The minimum absolute atomic E-state index is 0. The Morgan fingerprint density at radius 2 is 1.70 bits per heavy atom. The second-order valence-electron chi connectivity index (χ2n) is 8.01. The number of halogens is 5. The summed E-state index contributed by atoms with van der Waals surface area (Å²) in [5, 5.41) is 21.5. The Hall–Kier alpha value is -1.26. The fourth-order valence-electron chi connectivity index (χ4n) is 4.16. The molecule has 0 spiro atoms. The lowest BCUT2D eigenvalue weighted by Gasteiger charge is -2.48. The molecule has 182 valence electrons. The molecule has 0 unspecified atom stereocenters. The number of benzene rings is 2. The second-order valence-corrected chi connectivity index (χ2v) is 9.09. The Balaban J connectivity index is 0.00000193. The summed E-state index contributed by atoms with van der Waals surface area (Å²) in [6.07, 6.45) is -1.67. The Kier molecular flexibility index (Phi) is 9.70. The predicted molar refractivity (Wildman–Crippen MR) is 130 cm³/mol. The number of hydroxylamine groups is 3. The average molecular weight is 523 g/mol. The molecule has 0 saturated carbocycles. The van der Waals surface area contributed by atoms with Crippen molar-refractivity contribution in [3.05, 3.63) is 70.4 Å². The van der Waals surface area contributed by atoms with Gasteiger partial charge < -0.3 is 15.0 Å². The van der Waals surface area contributed by atoms with Gasteiger partial charge in [-0.1, -0.05) is 36.0 Å². The number of nitrogens with zero attached hydrogens (tertiary/aromatic N) is 2. The van der Waals surface area contributed by atoms with Gasteiger partial charge in [0.25, 0.3) is 0 Å². The van der Waals surface area contributed by atoms with Crippen LogP contribution in [0, 0.1) is 5.21 Å². The molecule has 33 heavy (non-hydrogen) atoms. The van der Waals surface area contributed by atoms with E-state index in [1.807, 2.05) is 30.3 Å². The molecule has 1 fully saturated rings. The first-order chi connectivity index (χ1) is 14.8. The third-order valence-corrected chi connectivity index (χ3v) is 7.09. The predicted octanol–water partition coefficient (Wildman–Crippen LogP) is 5.46. The lowest BCUT2D eigenvalue weighted by molar-refractivity contribution is -0.885. The molecular weight excluding hydrogens is 496 g/mol. The average Bonchev–Trinajstić information content (AvgIpc) is 2.74. The highest BCUT2D eigenvalue weighted by molar-refractivity contribution is 7.99. The normalized spacial score (nSPS) is 18.6. The lowest BCUT2D eigenvalue weighted by atomic mass is 9.94. The van der Waals surface area contributed by atoms with Gasteiger partial charge >= 0.3 is 6.18 Å². The molecule has 1 N–H and O–H groups in total. The minimum Gasteiger partial charge on any atom is -0.633 e. The quantitative estimate of drug-likeness (QED) is 0.357. The summed E-state index contributed by atoms with van der Waals surface area (Å²) in [4.78, 5) is 4.07. The van der Waals surface area contributed by atoms with E-state index in [4.69, 9.17) is 5.11 Å². The van der Waals surface area contributed by atoms with Crippen molar-refractivity contribution in [2.45, 2.75) is 22.4 Å². The molecule has 0 aliphatic carbocycles. The van der Waals surface area contributed by atoms with E-state index in [2.05, 4.69) is 4.90 Å². The number of aliphatic hydroxyl groups excluding tert-OH is 1. The molecule has 2 aromatic rings. The summed E-state index contributed by atoms with van der Waals surface area (Å²) in [5.74, 6) is 0. The first-order valence-electron chi connectivity index (χ1n) is 10.4. The number of alkyl halides is 3. The first kappa shape index (κ1) is 28.0. The molecular formula is C23H27Cl2F3N2O2S. The van der Waals surface area contributed by atoms with Crippen LogP contribution in [0.1, 0.15) is 23.1 Å². The van der Waals surface area contributed by atoms with Crippen molar-refractivity contribution in [3.8, 4) is 0 Å². The van der Waals surface area contributed by atoms with Gasteiger partial charge in [-0.25, -0.2) is 0 Å². The van der Waals surface area contributed by atoms with Gasteiger partial charge in [0.05, 0.1) is 25.3 Å². The number of piperazine rings is 1. The number of rotatable bonds is 5. The Morgan fingerprint density at radius 1 is 1.03 bits per heavy atom. The molecule has 4 rings (SSSR count). The van der Waals surface area contributed by atoms with Crippen LogP contribution in [-0.2, 0) is 6.18 Å². The van der Waals surface area contributed by atoms with E-state index in [1.165, 1.54) is 17.8 Å². The van der Waals surface area contributed by atoms with E-state index in [0.29, 0.717) is 38.2 Å². The zero-order chi connectivity index (χ0) is 22.1. The van der Waals surface area contributed by atoms with Crippen molar-refractivity contribution in [1.82, 2.24) is 4.90 Å². The van der Waals surface area contributed by atoms with Gasteiger partial charge in [-0.3, -0.25) is 4.90 Å². The van der Waals surface area contributed by atoms with Crippen LogP contribution >= 0.6 is 36.6 Å². The van der Waals surface area contributed by atoms with Crippen molar-refractivity contribution in [1.29, 1.82) is 0 Å². The summed E-state index contributed by atoms with van der Waals surface area (Å²) in [6, 6.07) is 11.7. The Morgan fingerprint density at radius 3 is 2.36 bits per heavy atom. The van der Waals surface area contributed by atoms with Crippen molar-refractivity contribution < 1.29 is 22.9 Å². The van der Waals surface area contributed by atoms with Crippen molar-refractivity contribution >= 4 is 42.1 Å². The van der Waals surface area contributed by atoms with Crippen LogP contribution in [0.5, 0.6) is 0 Å². The molecule has 0 radical (unpaired) electrons. The van der Waals surface area contributed by atoms with Gasteiger partial charge in [-0.05, 0) is 47.4 Å².